The molecule has 0 aromatic heterocycles. The second-order valence-electron chi connectivity index (χ2n) is 5.67. The van der Waals surface area contributed by atoms with E-state index in [2.05, 4.69) is 0 Å². The highest BCUT2D eigenvalue weighted by Crippen LogP contribution is 2.40. The molecular formula is C14H26O2. The van der Waals surface area contributed by atoms with Crippen LogP contribution in [0.15, 0.2) is 0 Å². The van der Waals surface area contributed by atoms with Gasteiger partial charge < -0.3 is 9.84 Å². The Morgan fingerprint density at radius 3 is 2.06 bits per heavy atom. The maximum atomic E-state index is 10.6. The molecule has 2 heteroatoms. The number of aliphatic hydroxyl groups excluding tert-OH is 1. The van der Waals surface area contributed by atoms with Crippen molar-refractivity contribution in [3.63, 3.8) is 0 Å². The molecule has 0 spiro atoms. The van der Waals surface area contributed by atoms with Crippen molar-refractivity contribution in [3.8, 4) is 0 Å². The predicted molar refractivity (Wildman–Crippen MR) is 65.4 cm³/mol. The van der Waals surface area contributed by atoms with Crippen LogP contribution < -0.4 is 0 Å². The lowest BCUT2D eigenvalue weighted by Crippen LogP contribution is -2.47. The predicted octanol–water partition coefficient (Wildman–Crippen LogP) is 3.28. The first kappa shape index (κ1) is 12.4. The van der Waals surface area contributed by atoms with E-state index < -0.39 is 0 Å². The summed E-state index contributed by atoms with van der Waals surface area (Å²) < 4.78 is 5.78. The van der Waals surface area contributed by atoms with E-state index in [1.54, 1.807) is 7.11 Å². The minimum atomic E-state index is -0.224. The van der Waals surface area contributed by atoms with Gasteiger partial charge in [-0.15, -0.1) is 0 Å². The van der Waals surface area contributed by atoms with Gasteiger partial charge in [-0.1, -0.05) is 38.5 Å². The molecule has 0 aromatic rings. The largest absolute Gasteiger partial charge is 0.390 e. The lowest BCUT2D eigenvalue weighted by atomic mass is 9.80. The molecule has 0 aromatic carbocycles. The number of methoxy groups -OCH3 is 1. The standard InChI is InChI=1S/C14H26O2/c1-16-14(10-6-2-3-7-11-14)13(15)12-8-4-5-9-12/h12-13,15H,2-11H2,1H3. The fourth-order valence-electron chi connectivity index (χ4n) is 3.65. The third-order valence-corrected chi connectivity index (χ3v) is 4.74. The summed E-state index contributed by atoms with van der Waals surface area (Å²) in [5, 5.41) is 10.6. The summed E-state index contributed by atoms with van der Waals surface area (Å²) in [4.78, 5) is 0. The Labute approximate surface area is 99.4 Å². The first-order valence-electron chi connectivity index (χ1n) is 7.02. The fraction of sp³-hybridized carbons (Fsp3) is 1.00. The van der Waals surface area contributed by atoms with Gasteiger partial charge in [0, 0.05) is 7.11 Å². The van der Waals surface area contributed by atoms with Crippen molar-refractivity contribution in [2.75, 3.05) is 7.11 Å². The van der Waals surface area contributed by atoms with Gasteiger partial charge in [-0.2, -0.15) is 0 Å². The normalized spacial score (nSPS) is 28.9. The van der Waals surface area contributed by atoms with Gasteiger partial charge in [-0.05, 0) is 31.6 Å². The second kappa shape index (κ2) is 5.50. The zero-order valence-electron chi connectivity index (χ0n) is 10.6. The van der Waals surface area contributed by atoms with Crippen LogP contribution in [0.3, 0.4) is 0 Å². The summed E-state index contributed by atoms with van der Waals surface area (Å²) in [6, 6.07) is 0. The van der Waals surface area contributed by atoms with E-state index in [9.17, 15) is 5.11 Å². The summed E-state index contributed by atoms with van der Waals surface area (Å²) in [6.07, 6.45) is 11.9. The molecule has 0 saturated heterocycles. The molecule has 1 N–H and O–H groups in total. The average Bonchev–Trinajstić information content (AvgIpc) is 2.73. The lowest BCUT2D eigenvalue weighted by molar-refractivity contribution is -0.131. The van der Waals surface area contributed by atoms with E-state index in [1.165, 1.54) is 51.4 Å². The fourth-order valence-corrected chi connectivity index (χ4v) is 3.65. The van der Waals surface area contributed by atoms with Crippen LogP contribution in [-0.2, 0) is 4.74 Å². The number of hydrogen-bond donors (Lipinski definition) is 1. The summed E-state index contributed by atoms with van der Waals surface area (Å²) in [5.74, 6) is 0.498. The molecule has 0 aliphatic heterocycles. The smallest absolute Gasteiger partial charge is 0.0939 e. The van der Waals surface area contributed by atoms with Gasteiger partial charge >= 0.3 is 0 Å². The van der Waals surface area contributed by atoms with E-state index >= 15 is 0 Å². The van der Waals surface area contributed by atoms with Crippen LogP contribution in [0.5, 0.6) is 0 Å². The Hall–Kier alpha value is -0.0800. The summed E-state index contributed by atoms with van der Waals surface area (Å²) in [7, 11) is 1.80. The van der Waals surface area contributed by atoms with Crippen molar-refractivity contribution < 1.29 is 9.84 Å². The molecule has 2 saturated carbocycles. The van der Waals surface area contributed by atoms with Crippen molar-refractivity contribution >= 4 is 0 Å². The highest BCUT2D eigenvalue weighted by Gasteiger charge is 2.42. The monoisotopic (exact) mass is 226 g/mol. The van der Waals surface area contributed by atoms with E-state index in [0.717, 1.165) is 12.8 Å². The first-order valence-corrected chi connectivity index (χ1v) is 7.02. The maximum absolute atomic E-state index is 10.6. The summed E-state index contributed by atoms with van der Waals surface area (Å²) in [6.45, 7) is 0. The Balaban J connectivity index is 2.05. The van der Waals surface area contributed by atoms with Gasteiger partial charge in [0.1, 0.15) is 0 Å². The maximum Gasteiger partial charge on any atom is 0.0939 e. The average molecular weight is 226 g/mol. The third-order valence-electron chi connectivity index (χ3n) is 4.74. The van der Waals surface area contributed by atoms with Gasteiger partial charge in [0.25, 0.3) is 0 Å². The Morgan fingerprint density at radius 2 is 1.56 bits per heavy atom. The second-order valence-corrected chi connectivity index (χ2v) is 5.67. The SMILES string of the molecule is COC1(C(O)C2CCCC2)CCCCCC1. The van der Waals surface area contributed by atoms with Crippen LogP contribution in [0.2, 0.25) is 0 Å². The zero-order valence-corrected chi connectivity index (χ0v) is 10.6. The number of hydrogen-bond acceptors (Lipinski definition) is 2. The molecule has 16 heavy (non-hydrogen) atoms. The van der Waals surface area contributed by atoms with Crippen molar-refractivity contribution in [2.45, 2.75) is 75.9 Å². The van der Waals surface area contributed by atoms with Crippen molar-refractivity contribution in [2.24, 2.45) is 5.92 Å². The summed E-state index contributed by atoms with van der Waals surface area (Å²) >= 11 is 0. The Kier molecular flexibility index (Phi) is 4.26. The van der Waals surface area contributed by atoms with Crippen LogP contribution >= 0.6 is 0 Å². The number of rotatable bonds is 3. The van der Waals surface area contributed by atoms with Gasteiger partial charge in [0.05, 0.1) is 11.7 Å². The van der Waals surface area contributed by atoms with Crippen LogP contribution in [0.1, 0.15) is 64.2 Å². The van der Waals surface area contributed by atoms with Crippen molar-refractivity contribution in [1.29, 1.82) is 0 Å². The van der Waals surface area contributed by atoms with Gasteiger partial charge in [0.2, 0.25) is 0 Å². The first-order chi connectivity index (χ1) is 7.78. The van der Waals surface area contributed by atoms with Crippen molar-refractivity contribution in [3.05, 3.63) is 0 Å². The molecule has 0 heterocycles. The molecule has 1 atom stereocenters. The lowest BCUT2D eigenvalue weighted by Gasteiger charge is -2.39. The molecular weight excluding hydrogens is 200 g/mol. The van der Waals surface area contributed by atoms with Crippen molar-refractivity contribution in [1.82, 2.24) is 0 Å². The van der Waals surface area contributed by atoms with Gasteiger partial charge in [-0.3, -0.25) is 0 Å². The summed E-state index contributed by atoms with van der Waals surface area (Å²) in [5.41, 5.74) is -0.217. The third kappa shape index (κ3) is 2.43. The van der Waals surface area contributed by atoms with Crippen LogP contribution in [0.4, 0.5) is 0 Å². The zero-order chi connectivity index (χ0) is 11.4. The van der Waals surface area contributed by atoms with E-state index in [1.807, 2.05) is 0 Å². The van der Waals surface area contributed by atoms with Crippen LogP contribution in [-0.4, -0.2) is 23.9 Å². The highest BCUT2D eigenvalue weighted by molar-refractivity contribution is 4.94. The minimum Gasteiger partial charge on any atom is -0.390 e. The van der Waals surface area contributed by atoms with Crippen LogP contribution in [0, 0.1) is 5.92 Å². The molecule has 2 fully saturated rings. The molecule has 1 unspecified atom stereocenters. The topological polar surface area (TPSA) is 29.5 Å². The Bertz CT molecular complexity index is 201. The quantitative estimate of drug-likeness (QED) is 0.748. The molecule has 2 aliphatic rings. The highest BCUT2D eigenvalue weighted by atomic mass is 16.5. The minimum absolute atomic E-state index is 0.217. The molecule has 0 bridgehead atoms. The Morgan fingerprint density at radius 1 is 1.00 bits per heavy atom. The van der Waals surface area contributed by atoms with Gasteiger partial charge in [0.15, 0.2) is 0 Å². The van der Waals surface area contributed by atoms with E-state index in [-0.39, 0.29) is 11.7 Å². The molecule has 2 rings (SSSR count). The number of aliphatic hydroxyl groups is 1. The molecule has 94 valence electrons. The van der Waals surface area contributed by atoms with Gasteiger partial charge in [-0.25, -0.2) is 0 Å². The van der Waals surface area contributed by atoms with Crippen LogP contribution in [0.25, 0.3) is 0 Å². The van der Waals surface area contributed by atoms with E-state index in [0.29, 0.717) is 5.92 Å². The molecule has 2 aliphatic carbocycles. The molecule has 0 radical (unpaired) electrons. The molecule has 0 amide bonds. The number of ether oxygens (including phenoxy) is 1. The molecule has 2 nitrogen and oxygen atoms in total. The van der Waals surface area contributed by atoms with E-state index in [4.69, 9.17) is 4.74 Å².